The van der Waals surface area contributed by atoms with E-state index < -0.39 is 11.7 Å². The molecule has 0 fully saturated rings. The van der Waals surface area contributed by atoms with Gasteiger partial charge < -0.3 is 10.1 Å². The molecule has 1 N–H and O–H groups in total. The molecule has 0 aliphatic rings. The van der Waals surface area contributed by atoms with Crippen LogP contribution < -0.4 is 5.32 Å². The number of allylic oxidation sites excluding steroid dienone is 1. The second-order valence-electron chi connectivity index (χ2n) is 9.95. The van der Waals surface area contributed by atoms with Gasteiger partial charge in [-0.15, -0.1) is 0 Å². The Kier molecular flexibility index (Phi) is 9.02. The lowest BCUT2D eigenvalue weighted by atomic mass is 9.95. The van der Waals surface area contributed by atoms with Crippen molar-refractivity contribution in [2.75, 3.05) is 6.54 Å². The third-order valence-corrected chi connectivity index (χ3v) is 5.80. The van der Waals surface area contributed by atoms with Crippen LogP contribution in [-0.4, -0.2) is 28.0 Å². The SMILES string of the molecule is CCc1nn(CCNC(=O)OC(C)(C)C)c(CC)c1Sc1ccc(/C=C/C(C)(C)C)cc1. The molecule has 0 radical (unpaired) electrons. The third kappa shape index (κ3) is 8.38. The summed E-state index contributed by atoms with van der Waals surface area (Å²) in [4.78, 5) is 14.4. The Hall–Kier alpha value is -2.21. The zero-order valence-electron chi connectivity index (χ0n) is 20.9. The highest BCUT2D eigenvalue weighted by atomic mass is 32.2. The molecule has 0 spiro atoms. The molecule has 1 aromatic carbocycles. The van der Waals surface area contributed by atoms with Crippen molar-refractivity contribution >= 4 is 23.9 Å². The number of hydrogen-bond acceptors (Lipinski definition) is 4. The number of hydrogen-bond donors (Lipinski definition) is 1. The van der Waals surface area contributed by atoms with Gasteiger partial charge in [-0.1, -0.05) is 70.7 Å². The summed E-state index contributed by atoms with van der Waals surface area (Å²) in [7, 11) is 0. The molecule has 1 amide bonds. The summed E-state index contributed by atoms with van der Waals surface area (Å²) in [6, 6.07) is 8.68. The molecule has 0 atom stereocenters. The van der Waals surface area contributed by atoms with E-state index in [0.717, 1.165) is 18.5 Å². The van der Waals surface area contributed by atoms with Gasteiger partial charge in [0.2, 0.25) is 0 Å². The fraction of sp³-hybridized carbons (Fsp3) is 0.538. The highest BCUT2D eigenvalue weighted by molar-refractivity contribution is 7.99. The van der Waals surface area contributed by atoms with Crippen LogP contribution in [-0.2, 0) is 24.1 Å². The maximum absolute atomic E-state index is 11.9. The topological polar surface area (TPSA) is 56.2 Å². The van der Waals surface area contributed by atoms with Crippen LogP contribution in [0.5, 0.6) is 0 Å². The lowest BCUT2D eigenvalue weighted by Crippen LogP contribution is -2.34. The van der Waals surface area contributed by atoms with Crippen molar-refractivity contribution in [1.82, 2.24) is 15.1 Å². The van der Waals surface area contributed by atoms with Crippen LogP contribution in [0.2, 0.25) is 0 Å². The van der Waals surface area contributed by atoms with Crippen molar-refractivity contribution in [1.29, 1.82) is 0 Å². The van der Waals surface area contributed by atoms with Gasteiger partial charge in [0.05, 0.1) is 22.8 Å². The molecule has 5 nitrogen and oxygen atoms in total. The van der Waals surface area contributed by atoms with Crippen molar-refractivity contribution in [3.05, 3.63) is 47.3 Å². The molecule has 0 aliphatic heterocycles. The molecule has 0 bridgehead atoms. The zero-order valence-corrected chi connectivity index (χ0v) is 21.7. The molecule has 0 unspecified atom stereocenters. The van der Waals surface area contributed by atoms with Crippen LogP contribution in [0.15, 0.2) is 40.1 Å². The summed E-state index contributed by atoms with van der Waals surface area (Å²) in [6.45, 7) is 17.6. The molecule has 2 rings (SSSR count). The Morgan fingerprint density at radius 1 is 1.09 bits per heavy atom. The minimum absolute atomic E-state index is 0.173. The van der Waals surface area contributed by atoms with Gasteiger partial charge >= 0.3 is 6.09 Å². The Balaban J connectivity index is 2.11. The third-order valence-electron chi connectivity index (χ3n) is 4.61. The molecule has 1 heterocycles. The summed E-state index contributed by atoms with van der Waals surface area (Å²) >= 11 is 1.77. The van der Waals surface area contributed by atoms with Crippen molar-refractivity contribution in [3.63, 3.8) is 0 Å². The Labute approximate surface area is 198 Å². The highest BCUT2D eigenvalue weighted by Gasteiger charge is 2.18. The number of aryl methyl sites for hydroxylation is 1. The number of aromatic nitrogens is 2. The first-order valence-corrected chi connectivity index (χ1v) is 12.3. The van der Waals surface area contributed by atoms with Gasteiger partial charge in [-0.3, -0.25) is 4.68 Å². The first-order valence-electron chi connectivity index (χ1n) is 11.4. The van der Waals surface area contributed by atoms with E-state index in [4.69, 9.17) is 9.84 Å². The number of ether oxygens (including phenoxy) is 1. The molecule has 0 aliphatic carbocycles. The number of carbonyl (C=O) groups excluding carboxylic acids is 1. The summed E-state index contributed by atoms with van der Waals surface area (Å²) in [6.07, 6.45) is 5.77. The Bertz CT molecular complexity index is 916. The molecule has 0 saturated heterocycles. The van der Waals surface area contributed by atoms with Crippen LogP contribution in [0.1, 0.15) is 72.3 Å². The maximum Gasteiger partial charge on any atom is 0.407 e. The second-order valence-corrected chi connectivity index (χ2v) is 11.0. The van der Waals surface area contributed by atoms with Crippen LogP contribution in [0.3, 0.4) is 0 Å². The van der Waals surface area contributed by atoms with Gasteiger partial charge in [0.15, 0.2) is 0 Å². The van der Waals surface area contributed by atoms with Gasteiger partial charge in [0.1, 0.15) is 5.60 Å². The minimum Gasteiger partial charge on any atom is -0.444 e. The van der Waals surface area contributed by atoms with Gasteiger partial charge in [0, 0.05) is 11.4 Å². The normalized spacial score (nSPS) is 12.4. The molecular weight excluding hydrogens is 418 g/mol. The first-order chi connectivity index (χ1) is 14.9. The maximum atomic E-state index is 11.9. The number of alkyl carbamates (subject to hydrolysis) is 1. The van der Waals surface area contributed by atoms with Crippen molar-refractivity contribution in [2.45, 2.75) is 90.2 Å². The molecular formula is C26H39N3O2S. The predicted octanol–water partition coefficient (Wildman–Crippen LogP) is 6.74. The average molecular weight is 458 g/mol. The van der Waals surface area contributed by atoms with E-state index in [0.29, 0.717) is 13.1 Å². The van der Waals surface area contributed by atoms with Crippen molar-refractivity contribution in [3.8, 4) is 0 Å². The van der Waals surface area contributed by atoms with Gasteiger partial charge in [-0.25, -0.2) is 4.79 Å². The summed E-state index contributed by atoms with van der Waals surface area (Å²) < 4.78 is 7.34. The van der Waals surface area contributed by atoms with Gasteiger partial charge in [-0.05, 0) is 56.7 Å². The lowest BCUT2D eigenvalue weighted by Gasteiger charge is -2.19. The number of rotatable bonds is 8. The smallest absolute Gasteiger partial charge is 0.407 e. The summed E-state index contributed by atoms with van der Waals surface area (Å²) in [5.74, 6) is 0. The van der Waals surface area contributed by atoms with E-state index in [1.165, 1.54) is 21.0 Å². The molecule has 0 saturated carbocycles. The van der Waals surface area contributed by atoms with E-state index in [1.54, 1.807) is 11.8 Å². The van der Waals surface area contributed by atoms with Crippen molar-refractivity contribution < 1.29 is 9.53 Å². The largest absolute Gasteiger partial charge is 0.444 e. The van der Waals surface area contributed by atoms with Crippen LogP contribution in [0.4, 0.5) is 4.79 Å². The zero-order chi connectivity index (χ0) is 23.9. The fourth-order valence-electron chi connectivity index (χ4n) is 3.10. The predicted molar refractivity (Wildman–Crippen MR) is 134 cm³/mol. The van der Waals surface area contributed by atoms with E-state index in [1.807, 2.05) is 25.5 Å². The number of carbonyl (C=O) groups is 1. The molecule has 32 heavy (non-hydrogen) atoms. The van der Waals surface area contributed by atoms with E-state index >= 15 is 0 Å². The second kappa shape index (κ2) is 11.1. The number of nitrogens with one attached hydrogen (secondary N) is 1. The Morgan fingerprint density at radius 3 is 2.28 bits per heavy atom. The van der Waals surface area contributed by atoms with Crippen LogP contribution in [0.25, 0.3) is 6.08 Å². The number of nitrogens with zero attached hydrogens (tertiary/aromatic N) is 2. The number of benzene rings is 1. The fourth-order valence-corrected chi connectivity index (χ4v) is 4.28. The summed E-state index contributed by atoms with van der Waals surface area (Å²) in [5.41, 5.74) is 3.18. The highest BCUT2D eigenvalue weighted by Crippen LogP contribution is 2.34. The van der Waals surface area contributed by atoms with Gasteiger partial charge in [-0.2, -0.15) is 5.10 Å². The average Bonchev–Trinajstić information content (AvgIpc) is 3.01. The van der Waals surface area contributed by atoms with Gasteiger partial charge in [0.25, 0.3) is 0 Å². The van der Waals surface area contributed by atoms with E-state index in [-0.39, 0.29) is 5.41 Å². The number of amides is 1. The summed E-state index contributed by atoms with van der Waals surface area (Å²) in [5, 5.41) is 7.66. The molecule has 1 aromatic heterocycles. The molecule has 2 aromatic rings. The Morgan fingerprint density at radius 2 is 1.75 bits per heavy atom. The standard InChI is InChI=1S/C26H39N3O2S/c1-9-21-23(32-20-13-11-19(12-14-20)15-16-25(3,4)5)22(10-2)29(28-21)18-17-27-24(30)31-26(6,7)8/h11-16H,9-10,17-18H2,1-8H3,(H,27,30)/b16-15+. The van der Waals surface area contributed by atoms with Crippen LogP contribution >= 0.6 is 11.8 Å². The monoisotopic (exact) mass is 457 g/mol. The lowest BCUT2D eigenvalue weighted by molar-refractivity contribution is 0.0525. The van der Waals surface area contributed by atoms with Crippen molar-refractivity contribution in [2.24, 2.45) is 5.41 Å². The molecule has 176 valence electrons. The molecule has 6 heteroatoms. The minimum atomic E-state index is -0.498. The quantitative estimate of drug-likeness (QED) is 0.477. The first kappa shape index (κ1) is 26.0. The van der Waals surface area contributed by atoms with E-state index in [9.17, 15) is 4.79 Å². The van der Waals surface area contributed by atoms with E-state index in [2.05, 4.69) is 76.4 Å². The van der Waals surface area contributed by atoms with Crippen LogP contribution in [0, 0.1) is 5.41 Å².